The second-order valence-corrected chi connectivity index (χ2v) is 5.26. The predicted molar refractivity (Wildman–Crippen MR) is 61.4 cm³/mol. The lowest BCUT2D eigenvalue weighted by Crippen LogP contribution is -2.43. The van der Waals surface area contributed by atoms with Crippen LogP contribution < -0.4 is 5.73 Å². The zero-order chi connectivity index (χ0) is 11.4. The first kappa shape index (κ1) is 12.9. The summed E-state index contributed by atoms with van der Waals surface area (Å²) in [7, 11) is 0. The summed E-state index contributed by atoms with van der Waals surface area (Å²) in [4.78, 5) is 0. The summed E-state index contributed by atoms with van der Waals surface area (Å²) < 4.78 is 0. The van der Waals surface area contributed by atoms with Crippen molar-refractivity contribution in [3.05, 3.63) is 0 Å². The molecule has 1 fully saturated rings. The normalized spacial score (nSPS) is 31.6. The van der Waals surface area contributed by atoms with Gasteiger partial charge in [-0.05, 0) is 43.4 Å². The predicted octanol–water partition coefficient (Wildman–Crippen LogP) is 1.13. The average molecular weight is 215 g/mol. The maximum atomic E-state index is 9.88. The molecule has 1 rings (SSSR count). The molecule has 0 bridgehead atoms. The first-order valence-corrected chi connectivity index (χ1v) is 6.10. The summed E-state index contributed by atoms with van der Waals surface area (Å²) in [6, 6.07) is -0.467. The molecule has 4 N–H and O–H groups in total. The van der Waals surface area contributed by atoms with Crippen LogP contribution in [0.3, 0.4) is 0 Å². The maximum absolute atomic E-state index is 9.88. The van der Waals surface area contributed by atoms with Gasteiger partial charge in [-0.1, -0.05) is 13.8 Å². The van der Waals surface area contributed by atoms with Crippen molar-refractivity contribution in [2.45, 2.75) is 51.7 Å². The van der Waals surface area contributed by atoms with Crippen LogP contribution in [0.1, 0.15) is 39.5 Å². The van der Waals surface area contributed by atoms with E-state index in [1.54, 1.807) is 0 Å². The van der Waals surface area contributed by atoms with Crippen LogP contribution in [0.4, 0.5) is 0 Å². The fraction of sp³-hybridized carbons (Fsp3) is 1.00. The first-order valence-electron chi connectivity index (χ1n) is 6.10. The minimum Gasteiger partial charge on any atom is -0.395 e. The molecular weight excluding hydrogens is 190 g/mol. The highest BCUT2D eigenvalue weighted by Crippen LogP contribution is 2.35. The van der Waals surface area contributed by atoms with Crippen LogP contribution >= 0.6 is 0 Å². The van der Waals surface area contributed by atoms with Gasteiger partial charge in [0.15, 0.2) is 0 Å². The van der Waals surface area contributed by atoms with E-state index in [0.29, 0.717) is 5.92 Å². The van der Waals surface area contributed by atoms with Crippen molar-refractivity contribution >= 4 is 0 Å². The van der Waals surface area contributed by atoms with Gasteiger partial charge in [-0.3, -0.25) is 0 Å². The number of aliphatic hydroxyl groups excluding tert-OH is 2. The topological polar surface area (TPSA) is 66.5 Å². The van der Waals surface area contributed by atoms with Gasteiger partial charge < -0.3 is 15.9 Å². The molecule has 1 saturated carbocycles. The molecule has 15 heavy (non-hydrogen) atoms. The van der Waals surface area contributed by atoms with Gasteiger partial charge in [0, 0.05) is 0 Å². The van der Waals surface area contributed by atoms with Crippen LogP contribution in [-0.4, -0.2) is 29.0 Å². The Labute approximate surface area is 92.7 Å². The van der Waals surface area contributed by atoms with E-state index in [4.69, 9.17) is 10.8 Å². The molecule has 2 unspecified atom stereocenters. The van der Waals surface area contributed by atoms with Crippen molar-refractivity contribution in [1.82, 2.24) is 0 Å². The van der Waals surface area contributed by atoms with E-state index in [1.165, 1.54) is 12.8 Å². The molecule has 0 saturated heterocycles. The molecular formula is C12H25NO2. The third-order valence-electron chi connectivity index (χ3n) is 3.89. The van der Waals surface area contributed by atoms with Crippen LogP contribution in [0.5, 0.6) is 0 Å². The zero-order valence-corrected chi connectivity index (χ0v) is 9.89. The number of rotatable bonds is 4. The van der Waals surface area contributed by atoms with E-state index in [2.05, 4.69) is 13.8 Å². The molecule has 1 aliphatic carbocycles. The van der Waals surface area contributed by atoms with Gasteiger partial charge in [0.1, 0.15) is 0 Å². The molecule has 0 aromatic heterocycles. The Kier molecular flexibility index (Phi) is 5.03. The van der Waals surface area contributed by atoms with Crippen molar-refractivity contribution in [2.24, 2.45) is 23.5 Å². The minimum absolute atomic E-state index is 0.120. The van der Waals surface area contributed by atoms with E-state index in [0.717, 1.165) is 24.7 Å². The molecule has 3 nitrogen and oxygen atoms in total. The van der Waals surface area contributed by atoms with Crippen molar-refractivity contribution in [3.63, 3.8) is 0 Å². The first-order chi connectivity index (χ1) is 7.06. The Morgan fingerprint density at radius 3 is 2.00 bits per heavy atom. The summed E-state index contributed by atoms with van der Waals surface area (Å²) >= 11 is 0. The average Bonchev–Trinajstić information content (AvgIpc) is 2.27. The fourth-order valence-electron chi connectivity index (χ4n) is 2.61. The van der Waals surface area contributed by atoms with Crippen molar-refractivity contribution in [2.75, 3.05) is 6.61 Å². The minimum atomic E-state index is -0.525. The molecule has 0 amide bonds. The van der Waals surface area contributed by atoms with Gasteiger partial charge in [-0.2, -0.15) is 0 Å². The van der Waals surface area contributed by atoms with Crippen LogP contribution in [0.15, 0.2) is 0 Å². The van der Waals surface area contributed by atoms with Gasteiger partial charge in [0.05, 0.1) is 18.8 Å². The fourth-order valence-corrected chi connectivity index (χ4v) is 2.61. The summed E-state index contributed by atoms with van der Waals surface area (Å²) in [6.45, 7) is 4.41. The largest absolute Gasteiger partial charge is 0.395 e. The van der Waals surface area contributed by atoms with Gasteiger partial charge in [-0.15, -0.1) is 0 Å². The van der Waals surface area contributed by atoms with E-state index >= 15 is 0 Å². The van der Waals surface area contributed by atoms with Crippen molar-refractivity contribution < 1.29 is 10.2 Å². The van der Waals surface area contributed by atoms with Gasteiger partial charge in [0.25, 0.3) is 0 Å². The number of nitrogens with two attached hydrogens (primary N) is 1. The summed E-state index contributed by atoms with van der Waals surface area (Å²) in [5, 5.41) is 18.8. The van der Waals surface area contributed by atoms with Crippen LogP contribution in [-0.2, 0) is 0 Å². The van der Waals surface area contributed by atoms with E-state index in [1.807, 2.05) is 0 Å². The zero-order valence-electron chi connectivity index (χ0n) is 9.89. The monoisotopic (exact) mass is 215 g/mol. The summed E-state index contributed by atoms with van der Waals surface area (Å²) in [6.07, 6.45) is 3.97. The van der Waals surface area contributed by atoms with Crippen LogP contribution in [0.2, 0.25) is 0 Å². The third kappa shape index (κ3) is 3.44. The lowest BCUT2D eigenvalue weighted by atomic mass is 9.74. The maximum Gasteiger partial charge on any atom is 0.0741 e. The quantitative estimate of drug-likeness (QED) is 0.658. The van der Waals surface area contributed by atoms with Gasteiger partial charge >= 0.3 is 0 Å². The van der Waals surface area contributed by atoms with E-state index < -0.39 is 12.1 Å². The Morgan fingerprint density at radius 1 is 1.13 bits per heavy atom. The van der Waals surface area contributed by atoms with E-state index in [9.17, 15) is 5.11 Å². The SMILES string of the molecule is CC(C)C1CCC(C(O)C(N)CO)CC1. The van der Waals surface area contributed by atoms with Crippen molar-refractivity contribution in [3.8, 4) is 0 Å². The van der Waals surface area contributed by atoms with E-state index in [-0.39, 0.29) is 6.61 Å². The highest BCUT2D eigenvalue weighted by molar-refractivity contribution is 4.83. The third-order valence-corrected chi connectivity index (χ3v) is 3.89. The molecule has 1 aliphatic rings. The number of aliphatic hydroxyl groups is 2. The lowest BCUT2D eigenvalue weighted by molar-refractivity contribution is 0.0315. The Bertz CT molecular complexity index is 176. The van der Waals surface area contributed by atoms with Crippen LogP contribution in [0.25, 0.3) is 0 Å². The smallest absolute Gasteiger partial charge is 0.0741 e. The number of hydrogen-bond donors (Lipinski definition) is 3. The molecule has 0 spiro atoms. The summed E-state index contributed by atoms with van der Waals surface area (Å²) in [5.41, 5.74) is 5.64. The highest BCUT2D eigenvalue weighted by atomic mass is 16.3. The molecule has 0 aliphatic heterocycles. The van der Waals surface area contributed by atoms with Gasteiger partial charge in [-0.25, -0.2) is 0 Å². The van der Waals surface area contributed by atoms with Crippen molar-refractivity contribution in [1.29, 1.82) is 0 Å². The molecule has 0 radical (unpaired) electrons. The molecule has 0 aromatic carbocycles. The molecule has 0 heterocycles. The molecule has 90 valence electrons. The molecule has 0 aromatic rings. The molecule has 2 atom stereocenters. The van der Waals surface area contributed by atoms with Crippen LogP contribution in [0, 0.1) is 17.8 Å². The standard InChI is InChI=1S/C12H25NO2/c1-8(2)9-3-5-10(6-4-9)12(15)11(13)7-14/h8-12,14-15H,3-7,13H2,1-2H3. The Morgan fingerprint density at radius 2 is 1.60 bits per heavy atom. The van der Waals surface area contributed by atoms with Gasteiger partial charge in [0.2, 0.25) is 0 Å². The lowest BCUT2D eigenvalue weighted by Gasteiger charge is -2.34. The Hall–Kier alpha value is -0.120. The second-order valence-electron chi connectivity index (χ2n) is 5.26. The number of hydrogen-bond acceptors (Lipinski definition) is 3. The second kappa shape index (κ2) is 5.83. The molecule has 3 heteroatoms. The highest BCUT2D eigenvalue weighted by Gasteiger charge is 2.30. The Balaban J connectivity index is 2.36. The summed E-state index contributed by atoms with van der Waals surface area (Å²) in [5.74, 6) is 1.84.